The van der Waals surface area contributed by atoms with Crippen molar-refractivity contribution in [1.29, 1.82) is 0 Å². The van der Waals surface area contributed by atoms with E-state index in [0.29, 0.717) is 53.6 Å². The maximum Gasteiger partial charge on any atom is 0.407 e. The van der Waals surface area contributed by atoms with Crippen LogP contribution >= 0.6 is 11.8 Å². The molecular weight excluding hydrogens is 676 g/mol. The van der Waals surface area contributed by atoms with Gasteiger partial charge in [0, 0.05) is 60.4 Å². The zero-order valence-electron chi connectivity index (χ0n) is 29.8. The SMILES string of the molecule is CC(=C/C(=O)O)/C=C/[C@@]1(O)c2ccc(OCCCOC(=O)NCCCCCNC(=O)CCCC[C@H]3SC[C@H]4NC(=O)N[C@H]43)cc2C(=O)CC1(C)C. The van der Waals surface area contributed by atoms with Crippen LogP contribution in [0.3, 0.4) is 0 Å². The molecule has 2 aliphatic heterocycles. The first kappa shape index (κ1) is 39.7. The molecule has 14 heteroatoms. The molecule has 0 spiro atoms. The average molecular weight is 729 g/mol. The lowest BCUT2D eigenvalue weighted by molar-refractivity contribution is -0.131. The fraction of sp³-hybridized carbons (Fsp3) is 0.595. The molecule has 3 aliphatic rings. The van der Waals surface area contributed by atoms with Crippen LogP contribution in [0.15, 0.2) is 42.0 Å². The number of aliphatic hydroxyl groups is 1. The molecule has 2 fully saturated rings. The van der Waals surface area contributed by atoms with Gasteiger partial charge in [0.1, 0.15) is 11.4 Å². The van der Waals surface area contributed by atoms with Crippen LogP contribution in [-0.4, -0.2) is 89.4 Å². The number of hydrogen-bond acceptors (Lipinski definition) is 9. The number of Topliss-reactive ketones (excluding diaryl/α,β-unsaturated/α-hetero) is 1. The Morgan fingerprint density at radius 2 is 1.78 bits per heavy atom. The van der Waals surface area contributed by atoms with E-state index in [2.05, 4.69) is 21.3 Å². The highest BCUT2D eigenvalue weighted by Crippen LogP contribution is 2.50. The Bertz CT molecular complexity index is 1500. The van der Waals surface area contributed by atoms with Gasteiger partial charge in [0.2, 0.25) is 5.91 Å². The van der Waals surface area contributed by atoms with Gasteiger partial charge in [-0.25, -0.2) is 14.4 Å². The van der Waals surface area contributed by atoms with Crippen molar-refractivity contribution in [1.82, 2.24) is 21.3 Å². The highest BCUT2D eigenvalue weighted by molar-refractivity contribution is 8.00. The summed E-state index contributed by atoms with van der Waals surface area (Å²) in [4.78, 5) is 59.7. The first-order valence-electron chi connectivity index (χ1n) is 17.8. The van der Waals surface area contributed by atoms with Crippen molar-refractivity contribution < 1.29 is 43.7 Å². The zero-order chi connectivity index (χ0) is 37.0. The van der Waals surface area contributed by atoms with Crippen LogP contribution in [0.2, 0.25) is 0 Å². The van der Waals surface area contributed by atoms with Crippen LogP contribution in [0, 0.1) is 5.41 Å². The van der Waals surface area contributed by atoms with E-state index in [4.69, 9.17) is 14.6 Å². The normalized spacial score (nSPS) is 23.6. The molecule has 0 bridgehead atoms. The Morgan fingerprint density at radius 3 is 2.55 bits per heavy atom. The summed E-state index contributed by atoms with van der Waals surface area (Å²) in [5.74, 6) is 0.235. The van der Waals surface area contributed by atoms with Gasteiger partial charge in [-0.05, 0) is 68.4 Å². The summed E-state index contributed by atoms with van der Waals surface area (Å²) in [6, 6.07) is 5.29. The molecule has 51 heavy (non-hydrogen) atoms. The molecule has 2 heterocycles. The van der Waals surface area contributed by atoms with E-state index in [1.807, 2.05) is 11.8 Å². The lowest BCUT2D eigenvalue weighted by Gasteiger charge is -2.45. The smallest absolute Gasteiger partial charge is 0.407 e. The zero-order valence-corrected chi connectivity index (χ0v) is 30.6. The standard InChI is InChI=1S/C37H52N4O9S/c1-24(20-32(44)45)14-15-37(48)27-13-12-25(21-26(27)29(42)22-36(37,2)3)49-18-9-19-50-35(47)39-17-8-4-7-16-38-31(43)11-6-5-10-30-33-28(23-51-30)40-34(46)41-33/h12-15,20-21,28,30,33,48H,4-11,16-19,22-23H2,1-3H3,(H,38,43)(H,39,47)(H,44,45)(H2,40,41,46)/b15-14+,24-20-/t28-,30-,33-,37-/m1/s1. The van der Waals surface area contributed by atoms with Crippen molar-refractivity contribution in [2.75, 3.05) is 32.1 Å². The minimum atomic E-state index is -1.50. The Labute approximate surface area is 303 Å². The third kappa shape index (κ3) is 11.2. The summed E-state index contributed by atoms with van der Waals surface area (Å²) in [5.41, 5.74) is -1.10. The van der Waals surface area contributed by atoms with Crippen molar-refractivity contribution >= 4 is 41.5 Å². The Morgan fingerprint density at radius 1 is 1.02 bits per heavy atom. The van der Waals surface area contributed by atoms with Crippen LogP contribution in [-0.2, 0) is 19.9 Å². The summed E-state index contributed by atoms with van der Waals surface area (Å²) < 4.78 is 11.0. The quantitative estimate of drug-likeness (QED) is 0.0509. The molecule has 1 aromatic rings. The molecule has 2 saturated heterocycles. The van der Waals surface area contributed by atoms with Crippen molar-refractivity contribution in [2.24, 2.45) is 5.41 Å². The molecule has 0 radical (unpaired) electrons. The number of carboxylic acids is 1. The van der Waals surface area contributed by atoms with E-state index in [-0.39, 0.29) is 49.4 Å². The second-order valence-electron chi connectivity index (χ2n) is 14.1. The molecule has 4 rings (SSSR count). The summed E-state index contributed by atoms with van der Waals surface area (Å²) in [5, 5.41) is 32.8. The molecule has 4 atom stereocenters. The number of rotatable bonds is 19. The number of alkyl carbamates (subject to hydrolysis) is 1. The molecule has 280 valence electrons. The fourth-order valence-electron chi connectivity index (χ4n) is 6.65. The van der Waals surface area contributed by atoms with E-state index < -0.39 is 23.1 Å². The van der Waals surface area contributed by atoms with Gasteiger partial charge in [-0.1, -0.05) is 32.4 Å². The minimum absolute atomic E-state index is 0.0527. The molecule has 4 amide bonds. The number of allylic oxidation sites excluding steroid dienone is 2. The summed E-state index contributed by atoms with van der Waals surface area (Å²) in [6.07, 6.45) is 9.86. The third-order valence-corrected chi connectivity index (χ3v) is 11.1. The number of nitrogens with one attached hydrogen (secondary N) is 4. The van der Waals surface area contributed by atoms with Gasteiger partial charge < -0.3 is 41.0 Å². The Hall–Kier alpha value is -4.04. The number of aliphatic carboxylic acids is 1. The van der Waals surface area contributed by atoms with Gasteiger partial charge in [-0.2, -0.15) is 11.8 Å². The van der Waals surface area contributed by atoms with Crippen LogP contribution in [0.4, 0.5) is 9.59 Å². The Balaban J connectivity index is 1.04. The number of benzene rings is 1. The number of ether oxygens (including phenoxy) is 2. The molecule has 6 N–H and O–H groups in total. The fourth-order valence-corrected chi connectivity index (χ4v) is 8.20. The number of hydrogen-bond donors (Lipinski definition) is 6. The van der Waals surface area contributed by atoms with E-state index in [9.17, 15) is 29.1 Å². The van der Waals surface area contributed by atoms with E-state index >= 15 is 0 Å². The minimum Gasteiger partial charge on any atom is -0.493 e. The summed E-state index contributed by atoms with van der Waals surface area (Å²) in [7, 11) is 0. The number of thioether (sulfide) groups is 1. The largest absolute Gasteiger partial charge is 0.493 e. The van der Waals surface area contributed by atoms with E-state index in [1.165, 1.54) is 0 Å². The molecule has 13 nitrogen and oxygen atoms in total. The van der Waals surface area contributed by atoms with Gasteiger partial charge in [0.05, 0.1) is 25.3 Å². The molecule has 0 saturated carbocycles. The van der Waals surface area contributed by atoms with Crippen LogP contribution < -0.4 is 26.0 Å². The molecular formula is C37H52N4O9S. The van der Waals surface area contributed by atoms with Crippen LogP contribution in [0.25, 0.3) is 0 Å². The maximum atomic E-state index is 13.0. The lowest BCUT2D eigenvalue weighted by atomic mass is 9.62. The first-order chi connectivity index (χ1) is 24.3. The highest BCUT2D eigenvalue weighted by Gasteiger charge is 2.49. The van der Waals surface area contributed by atoms with Crippen molar-refractivity contribution in [2.45, 2.75) is 101 Å². The third-order valence-electron chi connectivity index (χ3n) is 9.59. The number of amides is 4. The molecule has 1 aromatic carbocycles. The van der Waals surface area contributed by atoms with Gasteiger partial charge >= 0.3 is 18.1 Å². The van der Waals surface area contributed by atoms with E-state index in [1.54, 1.807) is 51.1 Å². The molecule has 0 unspecified atom stereocenters. The monoisotopic (exact) mass is 728 g/mol. The van der Waals surface area contributed by atoms with Crippen LogP contribution in [0.5, 0.6) is 5.75 Å². The number of carboxylic acid groups (broad SMARTS) is 1. The number of unbranched alkanes of at least 4 members (excludes halogenated alkanes) is 3. The van der Waals surface area contributed by atoms with Crippen molar-refractivity contribution in [3.05, 3.63) is 53.1 Å². The summed E-state index contributed by atoms with van der Waals surface area (Å²) in [6.45, 7) is 6.69. The second-order valence-corrected chi connectivity index (χ2v) is 15.3. The Kier molecular flexibility index (Phi) is 14.4. The lowest BCUT2D eigenvalue weighted by Crippen LogP contribution is -2.46. The maximum absolute atomic E-state index is 13.0. The first-order valence-corrected chi connectivity index (χ1v) is 18.8. The van der Waals surface area contributed by atoms with Gasteiger partial charge in [-0.3, -0.25) is 9.59 Å². The van der Waals surface area contributed by atoms with Crippen LogP contribution in [0.1, 0.15) is 94.5 Å². The van der Waals surface area contributed by atoms with Gasteiger partial charge in [-0.15, -0.1) is 0 Å². The number of urea groups is 1. The average Bonchev–Trinajstić information content (AvgIpc) is 3.62. The molecule has 1 aliphatic carbocycles. The number of fused-ring (bicyclic) bond motifs is 2. The van der Waals surface area contributed by atoms with Crippen molar-refractivity contribution in [3.8, 4) is 5.75 Å². The highest BCUT2D eigenvalue weighted by atomic mass is 32.2. The predicted molar refractivity (Wildman–Crippen MR) is 194 cm³/mol. The summed E-state index contributed by atoms with van der Waals surface area (Å²) >= 11 is 1.89. The van der Waals surface area contributed by atoms with Gasteiger partial charge in [0.25, 0.3) is 0 Å². The van der Waals surface area contributed by atoms with Gasteiger partial charge in [0.15, 0.2) is 5.78 Å². The van der Waals surface area contributed by atoms with E-state index in [0.717, 1.165) is 50.4 Å². The number of carbonyl (C=O) groups excluding carboxylic acids is 4. The number of ketones is 1. The van der Waals surface area contributed by atoms with Crippen molar-refractivity contribution in [3.63, 3.8) is 0 Å². The second kappa shape index (κ2) is 18.5. The number of carbonyl (C=O) groups is 5. The topological polar surface area (TPSA) is 192 Å². The molecule has 0 aromatic heterocycles. The predicted octanol–water partition coefficient (Wildman–Crippen LogP) is 4.58.